The lowest BCUT2D eigenvalue weighted by Crippen LogP contribution is -2.31. The number of aromatic nitrogens is 1. The smallest absolute Gasteiger partial charge is 0.242 e. The number of nitrogens with zero attached hydrogens (tertiary/aromatic N) is 1. The van der Waals surface area contributed by atoms with Gasteiger partial charge in [-0.15, -0.1) is 0 Å². The fourth-order valence-corrected chi connectivity index (χ4v) is 4.70. The fourth-order valence-electron chi connectivity index (χ4n) is 2.18. The average Bonchev–Trinajstić information content (AvgIpc) is 2.80. The minimum atomic E-state index is -3.41. The highest BCUT2D eigenvalue weighted by Crippen LogP contribution is 2.24. The topological polar surface area (TPSA) is 77.1 Å². The van der Waals surface area contributed by atoms with Crippen molar-refractivity contribution in [1.82, 2.24) is 9.29 Å². The third kappa shape index (κ3) is 3.75. The zero-order chi connectivity index (χ0) is 13.9. The number of nitrogens with one attached hydrogen (secondary N) is 1. The minimum Gasteiger partial charge on any atom is -0.352 e. The molecule has 1 unspecified atom stereocenters. The van der Waals surface area contributed by atoms with Crippen molar-refractivity contribution in [2.75, 3.05) is 12.3 Å². The summed E-state index contributed by atoms with van der Waals surface area (Å²) in [5.74, 6) is 1.13. The van der Waals surface area contributed by atoms with E-state index in [1.165, 1.54) is 12.8 Å². The van der Waals surface area contributed by atoms with Crippen molar-refractivity contribution in [3.8, 4) is 0 Å². The van der Waals surface area contributed by atoms with Gasteiger partial charge in [0.15, 0.2) is 0 Å². The lowest BCUT2D eigenvalue weighted by atomic mass is 10.2. The van der Waals surface area contributed by atoms with E-state index in [9.17, 15) is 8.42 Å². The van der Waals surface area contributed by atoms with E-state index in [1.807, 2.05) is 11.8 Å². The van der Waals surface area contributed by atoms with Crippen molar-refractivity contribution >= 4 is 21.8 Å². The van der Waals surface area contributed by atoms with Gasteiger partial charge < -0.3 is 10.3 Å². The summed E-state index contributed by atoms with van der Waals surface area (Å²) in [6.45, 7) is 0.852. The van der Waals surface area contributed by atoms with Crippen molar-refractivity contribution in [3.63, 3.8) is 0 Å². The summed E-state index contributed by atoms with van der Waals surface area (Å²) >= 11 is 1.86. The molecule has 0 aliphatic carbocycles. The Labute approximate surface area is 119 Å². The molecule has 1 aromatic rings. The third-order valence-electron chi connectivity index (χ3n) is 3.38. The van der Waals surface area contributed by atoms with Gasteiger partial charge in [-0.1, -0.05) is 6.42 Å². The first kappa shape index (κ1) is 14.9. The molecule has 1 aromatic heterocycles. The molecule has 2 rings (SSSR count). The standard InChI is InChI=1S/C12H21N3O2S2/c1-15-9-12(6-10(15)7-13)19(16,17)14-8-11-4-2-3-5-18-11/h6,9,11,14H,2-5,7-8,13H2,1H3. The summed E-state index contributed by atoms with van der Waals surface area (Å²) in [6, 6.07) is 1.64. The van der Waals surface area contributed by atoms with E-state index in [0.717, 1.165) is 17.9 Å². The van der Waals surface area contributed by atoms with E-state index in [1.54, 1.807) is 23.9 Å². The van der Waals surface area contributed by atoms with Crippen molar-refractivity contribution in [2.24, 2.45) is 12.8 Å². The molecule has 0 aromatic carbocycles. The molecule has 1 saturated heterocycles. The molecule has 0 spiro atoms. The molecule has 1 aliphatic rings. The van der Waals surface area contributed by atoms with Crippen LogP contribution in [0.1, 0.15) is 25.0 Å². The van der Waals surface area contributed by atoms with Gasteiger partial charge in [-0.05, 0) is 24.7 Å². The number of aryl methyl sites for hydroxylation is 1. The molecule has 1 atom stereocenters. The molecule has 1 fully saturated rings. The maximum absolute atomic E-state index is 12.2. The van der Waals surface area contributed by atoms with Gasteiger partial charge in [-0.25, -0.2) is 13.1 Å². The lowest BCUT2D eigenvalue weighted by molar-refractivity contribution is 0.573. The summed E-state index contributed by atoms with van der Waals surface area (Å²) < 4.78 is 28.8. The normalized spacial score (nSPS) is 20.6. The molecule has 0 saturated carbocycles. The Hall–Kier alpha value is -0.500. The second-order valence-corrected chi connectivity index (χ2v) is 8.00. The van der Waals surface area contributed by atoms with Gasteiger partial charge in [0.1, 0.15) is 0 Å². The van der Waals surface area contributed by atoms with Gasteiger partial charge in [-0.3, -0.25) is 0 Å². The van der Waals surface area contributed by atoms with E-state index in [0.29, 0.717) is 23.2 Å². The van der Waals surface area contributed by atoms with E-state index in [2.05, 4.69) is 4.72 Å². The zero-order valence-corrected chi connectivity index (χ0v) is 12.8. The van der Waals surface area contributed by atoms with Crippen molar-refractivity contribution in [3.05, 3.63) is 18.0 Å². The Morgan fingerprint density at radius 2 is 2.32 bits per heavy atom. The van der Waals surface area contributed by atoms with Crippen LogP contribution in [0.4, 0.5) is 0 Å². The first-order valence-electron chi connectivity index (χ1n) is 6.49. The summed E-state index contributed by atoms with van der Waals surface area (Å²) in [6.07, 6.45) is 5.14. The van der Waals surface area contributed by atoms with Crippen molar-refractivity contribution < 1.29 is 8.42 Å². The second kappa shape index (κ2) is 6.30. The molecule has 19 heavy (non-hydrogen) atoms. The Morgan fingerprint density at radius 1 is 1.53 bits per heavy atom. The second-order valence-electron chi connectivity index (χ2n) is 4.82. The number of hydrogen-bond donors (Lipinski definition) is 2. The Kier molecular flexibility index (Phi) is 4.94. The predicted molar refractivity (Wildman–Crippen MR) is 78.6 cm³/mol. The maximum Gasteiger partial charge on any atom is 0.242 e. The highest BCUT2D eigenvalue weighted by Gasteiger charge is 2.20. The highest BCUT2D eigenvalue weighted by molar-refractivity contribution is 8.00. The maximum atomic E-state index is 12.2. The van der Waals surface area contributed by atoms with E-state index >= 15 is 0 Å². The van der Waals surface area contributed by atoms with E-state index < -0.39 is 10.0 Å². The quantitative estimate of drug-likeness (QED) is 0.852. The van der Waals surface area contributed by atoms with Gasteiger partial charge in [0.2, 0.25) is 10.0 Å². The minimum absolute atomic E-state index is 0.302. The number of rotatable bonds is 5. The van der Waals surface area contributed by atoms with Gasteiger partial charge in [0, 0.05) is 37.3 Å². The van der Waals surface area contributed by atoms with Crippen LogP contribution in [-0.2, 0) is 23.6 Å². The molecule has 1 aliphatic heterocycles. The molecule has 0 bridgehead atoms. The van der Waals surface area contributed by atoms with Crippen LogP contribution < -0.4 is 10.5 Å². The summed E-state index contributed by atoms with van der Waals surface area (Å²) in [7, 11) is -1.61. The van der Waals surface area contributed by atoms with E-state index in [4.69, 9.17) is 5.73 Å². The first-order valence-corrected chi connectivity index (χ1v) is 9.02. The molecule has 5 nitrogen and oxygen atoms in total. The SMILES string of the molecule is Cn1cc(S(=O)(=O)NCC2CCCCS2)cc1CN. The van der Waals surface area contributed by atoms with Crippen LogP contribution in [0, 0.1) is 0 Å². The van der Waals surface area contributed by atoms with Crippen molar-refractivity contribution in [2.45, 2.75) is 36.0 Å². The number of sulfonamides is 1. The number of nitrogens with two attached hydrogens (primary N) is 1. The van der Waals surface area contributed by atoms with Crippen LogP contribution in [-0.4, -0.2) is 30.5 Å². The molecular weight excluding hydrogens is 282 g/mol. The molecule has 7 heteroatoms. The van der Waals surface area contributed by atoms with Gasteiger partial charge >= 0.3 is 0 Å². The van der Waals surface area contributed by atoms with Gasteiger partial charge in [0.25, 0.3) is 0 Å². The Balaban J connectivity index is 2.00. The Bertz CT molecular complexity index is 519. The van der Waals surface area contributed by atoms with Crippen molar-refractivity contribution in [1.29, 1.82) is 0 Å². The first-order chi connectivity index (χ1) is 9.03. The summed E-state index contributed by atoms with van der Waals surface area (Å²) in [5.41, 5.74) is 6.37. The summed E-state index contributed by atoms with van der Waals surface area (Å²) in [5, 5.41) is 0.404. The highest BCUT2D eigenvalue weighted by atomic mass is 32.2. The Morgan fingerprint density at radius 3 is 2.89 bits per heavy atom. The molecule has 0 radical (unpaired) electrons. The lowest BCUT2D eigenvalue weighted by Gasteiger charge is -2.21. The van der Waals surface area contributed by atoms with Crippen LogP contribution in [0.2, 0.25) is 0 Å². The third-order valence-corrected chi connectivity index (χ3v) is 6.17. The monoisotopic (exact) mass is 303 g/mol. The molecule has 3 N–H and O–H groups in total. The predicted octanol–water partition coefficient (Wildman–Crippen LogP) is 1.05. The molecule has 108 valence electrons. The van der Waals surface area contributed by atoms with Gasteiger partial charge in [0.05, 0.1) is 4.90 Å². The van der Waals surface area contributed by atoms with Crippen LogP contribution in [0.3, 0.4) is 0 Å². The van der Waals surface area contributed by atoms with Crippen LogP contribution in [0.25, 0.3) is 0 Å². The van der Waals surface area contributed by atoms with Crippen LogP contribution in [0.5, 0.6) is 0 Å². The average molecular weight is 303 g/mol. The van der Waals surface area contributed by atoms with Gasteiger partial charge in [-0.2, -0.15) is 11.8 Å². The van der Waals surface area contributed by atoms with E-state index in [-0.39, 0.29) is 0 Å². The molecular formula is C12H21N3O2S2. The number of thioether (sulfide) groups is 1. The van der Waals surface area contributed by atoms with Crippen LogP contribution in [0.15, 0.2) is 17.2 Å². The van der Waals surface area contributed by atoms with Crippen LogP contribution >= 0.6 is 11.8 Å². The molecule has 2 heterocycles. The number of hydrogen-bond acceptors (Lipinski definition) is 4. The summed E-state index contributed by atoms with van der Waals surface area (Å²) in [4.78, 5) is 0.302. The zero-order valence-electron chi connectivity index (χ0n) is 11.1. The largest absolute Gasteiger partial charge is 0.352 e. The molecule has 0 amide bonds. The fraction of sp³-hybridized carbons (Fsp3) is 0.667.